The van der Waals surface area contributed by atoms with Crippen LogP contribution < -0.4 is 0 Å². The number of phenols is 1. The number of phenolic OH excluding ortho intramolecular Hbond substituents is 1. The lowest BCUT2D eigenvalue weighted by Crippen LogP contribution is -1.79. The van der Waals surface area contributed by atoms with Gasteiger partial charge in [0.05, 0.1) is 0 Å². The molecule has 1 N–H and O–H groups in total. The van der Waals surface area contributed by atoms with E-state index in [1.165, 1.54) is 26.2 Å². The molecule has 1 nitrogen and oxygen atoms in total. The Morgan fingerprint density at radius 3 is 2.30 bits per heavy atom. The second-order valence-corrected chi connectivity index (χ2v) is 6.68. The summed E-state index contributed by atoms with van der Waals surface area (Å²) in [7, 11) is 0. The first-order valence-corrected chi connectivity index (χ1v) is 8.47. The highest BCUT2D eigenvalue weighted by atomic mass is 32.2. The monoisotopic (exact) mass is 296 g/mol. The molecule has 1 aromatic heterocycles. The first-order valence-electron chi connectivity index (χ1n) is 6.36. The van der Waals surface area contributed by atoms with E-state index in [0.29, 0.717) is 5.75 Å². The van der Waals surface area contributed by atoms with Crippen LogP contribution in [-0.4, -0.2) is 11.4 Å². The summed E-state index contributed by atoms with van der Waals surface area (Å²) in [6.45, 7) is 0. The van der Waals surface area contributed by atoms with Crippen LogP contribution in [0.3, 0.4) is 0 Å². The van der Waals surface area contributed by atoms with Crippen molar-refractivity contribution in [3.63, 3.8) is 0 Å². The normalized spacial score (nSPS) is 11.7. The second-order valence-electron chi connectivity index (χ2n) is 4.88. The Bertz CT molecular complexity index is 953. The smallest absolute Gasteiger partial charge is 0.129 e. The quantitative estimate of drug-likeness (QED) is 0.362. The van der Waals surface area contributed by atoms with E-state index in [2.05, 4.69) is 41.8 Å². The minimum absolute atomic E-state index is 0.362. The molecule has 0 fully saturated rings. The maximum Gasteiger partial charge on any atom is 0.129 e. The first kappa shape index (κ1) is 12.1. The molecule has 0 unspecified atom stereocenters. The maximum atomic E-state index is 10.0. The summed E-state index contributed by atoms with van der Waals surface area (Å²) < 4.78 is 1.32. The Balaban J connectivity index is 2.11. The van der Waals surface area contributed by atoms with Crippen LogP contribution >= 0.6 is 23.1 Å². The van der Waals surface area contributed by atoms with Crippen molar-refractivity contribution < 1.29 is 5.11 Å². The molecule has 4 rings (SSSR count). The fraction of sp³-hybridized carbons (Fsp3) is 0.0588. The SMILES string of the molecule is CSc1cc2cc3cc4sccc4cc3cc2cc1O. The summed E-state index contributed by atoms with van der Waals surface area (Å²) in [5.41, 5.74) is 0. The van der Waals surface area contributed by atoms with E-state index in [1.807, 2.05) is 12.3 Å². The summed E-state index contributed by atoms with van der Waals surface area (Å²) in [5, 5.41) is 18.1. The Kier molecular flexibility index (Phi) is 2.65. The maximum absolute atomic E-state index is 10.0. The highest BCUT2D eigenvalue weighted by molar-refractivity contribution is 7.98. The van der Waals surface area contributed by atoms with Crippen LogP contribution in [-0.2, 0) is 0 Å². The van der Waals surface area contributed by atoms with Crippen molar-refractivity contribution in [1.29, 1.82) is 0 Å². The van der Waals surface area contributed by atoms with Crippen LogP contribution in [0.15, 0.2) is 52.7 Å². The summed E-state index contributed by atoms with van der Waals surface area (Å²) in [5.74, 6) is 0.362. The lowest BCUT2D eigenvalue weighted by atomic mass is 10.0. The van der Waals surface area contributed by atoms with E-state index in [4.69, 9.17) is 0 Å². The fourth-order valence-electron chi connectivity index (χ4n) is 2.64. The standard InChI is InChI=1S/C17H12OS2/c1-19-17-9-14-6-13-8-16-10(2-3-20-16)4-11(13)5-12(14)7-15(17)18/h2-9,18H,1H3. The molecule has 0 amide bonds. The van der Waals surface area contributed by atoms with Crippen LogP contribution in [0.5, 0.6) is 5.75 Å². The zero-order valence-corrected chi connectivity index (χ0v) is 12.5. The van der Waals surface area contributed by atoms with Crippen molar-refractivity contribution >= 4 is 54.7 Å². The van der Waals surface area contributed by atoms with E-state index in [9.17, 15) is 5.11 Å². The Hall–Kier alpha value is -1.71. The fourth-order valence-corrected chi connectivity index (χ4v) is 3.97. The Morgan fingerprint density at radius 2 is 1.50 bits per heavy atom. The van der Waals surface area contributed by atoms with Crippen LogP contribution in [0.25, 0.3) is 31.6 Å². The molecule has 3 heteroatoms. The van der Waals surface area contributed by atoms with E-state index >= 15 is 0 Å². The summed E-state index contributed by atoms with van der Waals surface area (Å²) in [6, 6.07) is 14.9. The van der Waals surface area contributed by atoms with Gasteiger partial charge in [0.2, 0.25) is 0 Å². The van der Waals surface area contributed by atoms with Crippen LogP contribution in [0, 0.1) is 0 Å². The minimum atomic E-state index is 0.362. The number of hydrogen-bond acceptors (Lipinski definition) is 3. The molecule has 98 valence electrons. The average molecular weight is 296 g/mol. The lowest BCUT2D eigenvalue weighted by molar-refractivity contribution is 0.463. The van der Waals surface area contributed by atoms with Crippen molar-refractivity contribution in [2.24, 2.45) is 0 Å². The van der Waals surface area contributed by atoms with Gasteiger partial charge < -0.3 is 5.11 Å². The molecular weight excluding hydrogens is 284 g/mol. The molecule has 0 aliphatic carbocycles. The summed E-state index contributed by atoms with van der Waals surface area (Å²) in [4.78, 5) is 0.925. The number of hydrogen-bond donors (Lipinski definition) is 1. The number of benzene rings is 3. The zero-order valence-electron chi connectivity index (χ0n) is 10.9. The molecule has 0 radical (unpaired) electrons. The predicted molar refractivity (Wildman–Crippen MR) is 90.3 cm³/mol. The zero-order chi connectivity index (χ0) is 13.7. The summed E-state index contributed by atoms with van der Waals surface area (Å²) in [6.07, 6.45) is 1.98. The molecule has 4 aromatic rings. The third-order valence-corrected chi connectivity index (χ3v) is 5.31. The third-order valence-electron chi connectivity index (χ3n) is 3.66. The van der Waals surface area contributed by atoms with Gasteiger partial charge in [-0.1, -0.05) is 0 Å². The third kappa shape index (κ3) is 1.78. The predicted octanol–water partition coefficient (Wildman–Crippen LogP) is 5.64. The van der Waals surface area contributed by atoms with Gasteiger partial charge in [-0.05, 0) is 81.0 Å². The molecule has 0 saturated heterocycles. The largest absolute Gasteiger partial charge is 0.507 e. The van der Waals surface area contributed by atoms with E-state index in [-0.39, 0.29) is 0 Å². The molecule has 0 saturated carbocycles. The van der Waals surface area contributed by atoms with Gasteiger partial charge >= 0.3 is 0 Å². The van der Waals surface area contributed by atoms with Crippen molar-refractivity contribution in [3.8, 4) is 5.75 Å². The van der Waals surface area contributed by atoms with E-state index < -0.39 is 0 Å². The topological polar surface area (TPSA) is 20.2 Å². The van der Waals surface area contributed by atoms with Gasteiger partial charge in [-0.15, -0.1) is 23.1 Å². The van der Waals surface area contributed by atoms with Gasteiger partial charge in [-0.25, -0.2) is 0 Å². The average Bonchev–Trinajstić information content (AvgIpc) is 2.89. The van der Waals surface area contributed by atoms with E-state index in [1.54, 1.807) is 23.1 Å². The molecule has 0 aliphatic heterocycles. The number of aromatic hydroxyl groups is 1. The Morgan fingerprint density at radius 1 is 0.850 bits per heavy atom. The van der Waals surface area contributed by atoms with Gasteiger partial charge in [0, 0.05) is 9.60 Å². The molecule has 0 bridgehead atoms. The van der Waals surface area contributed by atoms with Crippen molar-refractivity contribution in [2.45, 2.75) is 4.90 Å². The number of thiophene rings is 1. The van der Waals surface area contributed by atoms with Gasteiger partial charge in [-0.3, -0.25) is 0 Å². The minimum Gasteiger partial charge on any atom is -0.507 e. The molecule has 0 aliphatic rings. The molecule has 0 spiro atoms. The molecular formula is C17H12OS2. The van der Waals surface area contributed by atoms with E-state index in [0.717, 1.165) is 10.3 Å². The number of thioether (sulfide) groups is 1. The van der Waals surface area contributed by atoms with Gasteiger partial charge in [0.15, 0.2) is 0 Å². The summed E-state index contributed by atoms with van der Waals surface area (Å²) >= 11 is 3.35. The highest BCUT2D eigenvalue weighted by Gasteiger charge is 2.06. The van der Waals surface area contributed by atoms with Crippen LogP contribution in [0.1, 0.15) is 0 Å². The first-order chi connectivity index (χ1) is 9.74. The molecule has 20 heavy (non-hydrogen) atoms. The van der Waals surface area contributed by atoms with Crippen LogP contribution in [0.4, 0.5) is 0 Å². The van der Waals surface area contributed by atoms with Gasteiger partial charge in [-0.2, -0.15) is 0 Å². The van der Waals surface area contributed by atoms with Crippen molar-refractivity contribution in [1.82, 2.24) is 0 Å². The van der Waals surface area contributed by atoms with Crippen LogP contribution in [0.2, 0.25) is 0 Å². The number of rotatable bonds is 1. The highest BCUT2D eigenvalue weighted by Crippen LogP contribution is 2.35. The Labute approximate surface area is 124 Å². The van der Waals surface area contributed by atoms with Gasteiger partial charge in [0.25, 0.3) is 0 Å². The number of fused-ring (bicyclic) bond motifs is 3. The van der Waals surface area contributed by atoms with Crippen molar-refractivity contribution in [3.05, 3.63) is 47.8 Å². The molecule has 3 aromatic carbocycles. The lowest BCUT2D eigenvalue weighted by Gasteiger charge is -2.07. The second kappa shape index (κ2) is 4.40. The molecule has 0 atom stereocenters. The van der Waals surface area contributed by atoms with Gasteiger partial charge in [0.1, 0.15) is 5.75 Å². The van der Waals surface area contributed by atoms with Crippen molar-refractivity contribution in [2.75, 3.05) is 6.26 Å². The molecule has 1 heterocycles.